The van der Waals surface area contributed by atoms with E-state index in [1.165, 1.54) is 16.7 Å². The Balaban J connectivity index is 1.46. The molecule has 31 heavy (non-hydrogen) atoms. The molecule has 1 heterocycles. The molecule has 1 aliphatic heterocycles. The summed E-state index contributed by atoms with van der Waals surface area (Å²) in [6, 6.07) is 12.9. The van der Waals surface area contributed by atoms with Crippen LogP contribution >= 0.6 is 0 Å². The lowest BCUT2D eigenvalue weighted by Crippen LogP contribution is -2.66. The second kappa shape index (κ2) is 7.51. The normalized spacial score (nSPS) is 27.2. The van der Waals surface area contributed by atoms with Crippen molar-refractivity contribution in [2.24, 2.45) is 11.8 Å². The Morgan fingerprint density at radius 2 is 1.68 bits per heavy atom. The van der Waals surface area contributed by atoms with Crippen LogP contribution in [0.25, 0.3) is 0 Å². The fourth-order valence-corrected chi connectivity index (χ4v) is 6.34. The van der Waals surface area contributed by atoms with Crippen molar-refractivity contribution < 1.29 is 9.59 Å². The first-order valence-electron chi connectivity index (χ1n) is 11.6. The van der Waals surface area contributed by atoms with E-state index in [4.69, 9.17) is 0 Å². The number of carbonyl (C=O) groups is 2. The van der Waals surface area contributed by atoms with Crippen molar-refractivity contribution in [1.29, 1.82) is 0 Å². The number of benzene rings is 2. The Hall–Kier alpha value is -2.62. The van der Waals surface area contributed by atoms with E-state index in [-0.39, 0.29) is 11.8 Å². The van der Waals surface area contributed by atoms with E-state index in [0.29, 0.717) is 24.8 Å². The number of carbonyl (C=O) groups excluding carboxylic acids is 2. The number of hydrogen-bond acceptors (Lipinski definition) is 2. The molecule has 2 aromatic carbocycles. The van der Waals surface area contributed by atoms with Crippen molar-refractivity contribution in [1.82, 2.24) is 4.90 Å². The lowest BCUT2D eigenvalue weighted by Gasteiger charge is -2.53. The number of likely N-dealkylation sites (tertiary alicyclic amines) is 1. The van der Waals surface area contributed by atoms with E-state index in [0.717, 1.165) is 48.9 Å². The smallest absolute Gasteiger partial charge is 0.250 e. The molecule has 2 fully saturated rings. The van der Waals surface area contributed by atoms with Crippen LogP contribution in [0.2, 0.25) is 0 Å². The molecule has 2 amide bonds. The average Bonchev–Trinajstić information content (AvgIpc) is 2.73. The van der Waals surface area contributed by atoms with Crippen LogP contribution in [0.1, 0.15) is 53.5 Å². The summed E-state index contributed by atoms with van der Waals surface area (Å²) in [5.41, 5.74) is 6.42. The summed E-state index contributed by atoms with van der Waals surface area (Å²) in [6.45, 7) is 6.87. The van der Waals surface area contributed by atoms with Crippen molar-refractivity contribution in [3.05, 3.63) is 64.2 Å². The summed E-state index contributed by atoms with van der Waals surface area (Å²) >= 11 is 0. The maximum atomic E-state index is 13.9. The van der Waals surface area contributed by atoms with Crippen molar-refractivity contribution >= 4 is 17.5 Å². The van der Waals surface area contributed by atoms with Crippen LogP contribution < -0.4 is 5.32 Å². The van der Waals surface area contributed by atoms with Gasteiger partial charge in [-0.25, -0.2) is 0 Å². The minimum atomic E-state index is -0.716. The fourth-order valence-electron chi connectivity index (χ4n) is 6.34. The van der Waals surface area contributed by atoms with Gasteiger partial charge in [0, 0.05) is 18.7 Å². The first kappa shape index (κ1) is 20.3. The lowest BCUT2D eigenvalue weighted by atomic mass is 9.62. The molecule has 162 valence electrons. The molecule has 5 rings (SSSR count). The standard InChI is InChI=1S/C27H32N2O2/c1-17-12-18(2)25(19(3)13-17)28-26(31)27(29-11-9-24(29)30)10-8-22-14-20-6-4-5-7-21(20)15-23(22)16-27/h4-7,12-13,22-23H,8-11,14-16H2,1-3H3,(H,28,31). The second-order valence-corrected chi connectivity index (χ2v) is 9.99. The summed E-state index contributed by atoms with van der Waals surface area (Å²) < 4.78 is 0. The second-order valence-electron chi connectivity index (χ2n) is 9.99. The molecule has 1 N–H and O–H groups in total. The molecule has 1 saturated heterocycles. The summed E-state index contributed by atoms with van der Waals surface area (Å²) in [5.74, 6) is 1.19. The third-order valence-electron chi connectivity index (χ3n) is 7.98. The number of aryl methyl sites for hydroxylation is 3. The number of fused-ring (bicyclic) bond motifs is 2. The van der Waals surface area contributed by atoms with Crippen LogP contribution in [0.4, 0.5) is 5.69 Å². The SMILES string of the molecule is Cc1cc(C)c(NC(=O)C2(N3CCC3=O)CCC3Cc4ccccc4CC3C2)c(C)c1. The molecule has 3 unspecified atom stereocenters. The molecule has 3 atom stereocenters. The number of nitrogens with one attached hydrogen (secondary N) is 1. The van der Waals surface area contributed by atoms with Gasteiger partial charge in [-0.3, -0.25) is 9.59 Å². The van der Waals surface area contributed by atoms with Crippen LogP contribution in [-0.4, -0.2) is 28.8 Å². The zero-order valence-electron chi connectivity index (χ0n) is 18.8. The number of anilines is 1. The molecule has 0 aromatic heterocycles. The molecular formula is C27H32N2O2. The van der Waals surface area contributed by atoms with E-state index < -0.39 is 5.54 Å². The summed E-state index contributed by atoms with van der Waals surface area (Å²) in [4.78, 5) is 28.3. The number of nitrogens with zero attached hydrogens (tertiary/aromatic N) is 1. The van der Waals surface area contributed by atoms with E-state index in [2.05, 4.69) is 48.6 Å². The van der Waals surface area contributed by atoms with Gasteiger partial charge in [-0.2, -0.15) is 0 Å². The highest BCUT2D eigenvalue weighted by molar-refractivity contribution is 6.02. The van der Waals surface area contributed by atoms with Crippen LogP contribution in [0, 0.1) is 32.6 Å². The third-order valence-corrected chi connectivity index (χ3v) is 7.98. The number of hydrogen-bond donors (Lipinski definition) is 1. The number of rotatable bonds is 3. The summed E-state index contributed by atoms with van der Waals surface area (Å²) in [7, 11) is 0. The van der Waals surface area contributed by atoms with Crippen molar-refractivity contribution in [3.63, 3.8) is 0 Å². The van der Waals surface area contributed by atoms with Crippen LogP contribution in [0.3, 0.4) is 0 Å². The molecule has 4 heteroatoms. The first-order valence-corrected chi connectivity index (χ1v) is 11.6. The highest BCUT2D eigenvalue weighted by Gasteiger charge is 2.54. The molecule has 0 bridgehead atoms. The topological polar surface area (TPSA) is 49.4 Å². The predicted octanol–water partition coefficient (Wildman–Crippen LogP) is 4.74. The molecule has 3 aliphatic rings. The van der Waals surface area contributed by atoms with Gasteiger partial charge < -0.3 is 10.2 Å². The molecule has 2 aromatic rings. The van der Waals surface area contributed by atoms with Gasteiger partial charge in [0.1, 0.15) is 5.54 Å². The van der Waals surface area contributed by atoms with Gasteiger partial charge in [-0.1, -0.05) is 42.0 Å². The van der Waals surface area contributed by atoms with Crippen molar-refractivity contribution in [2.75, 3.05) is 11.9 Å². The third kappa shape index (κ3) is 3.37. The quantitative estimate of drug-likeness (QED) is 0.735. The van der Waals surface area contributed by atoms with E-state index in [9.17, 15) is 9.59 Å². The van der Waals surface area contributed by atoms with Crippen LogP contribution in [0.5, 0.6) is 0 Å². The Bertz CT molecular complexity index is 1040. The monoisotopic (exact) mass is 416 g/mol. The first-order chi connectivity index (χ1) is 14.9. The Morgan fingerprint density at radius 3 is 2.26 bits per heavy atom. The van der Waals surface area contributed by atoms with Gasteiger partial charge in [0.2, 0.25) is 11.8 Å². The molecule has 0 spiro atoms. The van der Waals surface area contributed by atoms with E-state index in [1.807, 2.05) is 18.7 Å². The maximum absolute atomic E-state index is 13.9. The highest BCUT2D eigenvalue weighted by Crippen LogP contribution is 2.47. The van der Waals surface area contributed by atoms with Crippen molar-refractivity contribution in [2.45, 2.75) is 64.8 Å². The Kier molecular flexibility index (Phi) is 4.91. The molecular weight excluding hydrogens is 384 g/mol. The van der Waals surface area contributed by atoms with E-state index >= 15 is 0 Å². The van der Waals surface area contributed by atoms with Crippen LogP contribution in [0.15, 0.2) is 36.4 Å². The van der Waals surface area contributed by atoms with Gasteiger partial charge >= 0.3 is 0 Å². The Morgan fingerprint density at radius 1 is 1.03 bits per heavy atom. The van der Waals surface area contributed by atoms with E-state index in [1.54, 1.807) is 0 Å². The maximum Gasteiger partial charge on any atom is 0.250 e. The zero-order chi connectivity index (χ0) is 21.8. The lowest BCUT2D eigenvalue weighted by molar-refractivity contribution is -0.159. The summed E-state index contributed by atoms with van der Waals surface area (Å²) in [5, 5.41) is 3.27. The van der Waals surface area contributed by atoms with Crippen molar-refractivity contribution in [3.8, 4) is 0 Å². The zero-order valence-corrected chi connectivity index (χ0v) is 18.8. The minimum Gasteiger partial charge on any atom is -0.327 e. The van der Waals surface area contributed by atoms with Gasteiger partial charge in [0.25, 0.3) is 0 Å². The van der Waals surface area contributed by atoms with Gasteiger partial charge in [0.05, 0.1) is 0 Å². The highest BCUT2D eigenvalue weighted by atomic mass is 16.2. The largest absolute Gasteiger partial charge is 0.327 e. The van der Waals surface area contributed by atoms with Crippen LogP contribution in [-0.2, 0) is 22.4 Å². The molecule has 0 radical (unpaired) electrons. The Labute approximate surface area is 185 Å². The van der Waals surface area contributed by atoms with Gasteiger partial charge in [-0.05, 0) is 87.0 Å². The molecule has 4 nitrogen and oxygen atoms in total. The fraction of sp³-hybridized carbons (Fsp3) is 0.481. The van der Waals surface area contributed by atoms with Gasteiger partial charge in [-0.15, -0.1) is 0 Å². The average molecular weight is 417 g/mol. The molecule has 2 aliphatic carbocycles. The molecule has 1 saturated carbocycles. The van der Waals surface area contributed by atoms with Gasteiger partial charge in [0.15, 0.2) is 0 Å². The number of β-lactam (4-membered cyclic amide) rings is 1. The number of amides is 2. The minimum absolute atomic E-state index is 0.00733. The predicted molar refractivity (Wildman–Crippen MR) is 123 cm³/mol. The summed E-state index contributed by atoms with van der Waals surface area (Å²) in [6.07, 6.45) is 5.21.